The topological polar surface area (TPSA) is 52.6 Å². The van der Waals surface area contributed by atoms with Crippen LogP contribution in [0.5, 0.6) is 0 Å². The zero-order chi connectivity index (χ0) is 16.4. The van der Waals surface area contributed by atoms with Crippen molar-refractivity contribution < 1.29 is 38.5 Å². The maximum absolute atomic E-state index is 11.0. The molecular formula is C16H30O4Zn. The number of carbonyl (C=O) groups is 2. The van der Waals surface area contributed by atoms with Gasteiger partial charge in [-0.25, -0.2) is 0 Å². The number of rotatable bonds is 4. The van der Waals surface area contributed by atoms with Crippen LogP contribution < -0.4 is 0 Å². The van der Waals surface area contributed by atoms with Crippen LogP contribution in [0.3, 0.4) is 0 Å². The van der Waals surface area contributed by atoms with Crippen LogP contribution in [0.1, 0.15) is 54.4 Å². The molecule has 0 atom stereocenters. The Morgan fingerprint density at radius 3 is 1.14 bits per heavy atom. The van der Waals surface area contributed by atoms with Crippen LogP contribution in [0.4, 0.5) is 0 Å². The van der Waals surface area contributed by atoms with E-state index in [1.165, 1.54) is 0 Å². The van der Waals surface area contributed by atoms with Gasteiger partial charge in [-0.1, -0.05) is 0 Å². The fourth-order valence-electron chi connectivity index (χ4n) is 0.763. The first-order chi connectivity index (χ1) is 8.96. The van der Waals surface area contributed by atoms with Crippen molar-refractivity contribution in [2.75, 3.05) is 13.2 Å². The summed E-state index contributed by atoms with van der Waals surface area (Å²) in [7, 11) is 0. The Morgan fingerprint density at radius 1 is 0.762 bits per heavy atom. The molecule has 0 aliphatic rings. The van der Waals surface area contributed by atoms with Gasteiger partial charge in [-0.2, -0.15) is 0 Å². The minimum atomic E-state index is -0.380. The summed E-state index contributed by atoms with van der Waals surface area (Å²) in [6, 6.07) is 0. The van der Waals surface area contributed by atoms with Crippen molar-refractivity contribution in [1.82, 2.24) is 0 Å². The second-order valence-corrected chi connectivity index (χ2v) is 6.48. The third-order valence-corrected chi connectivity index (χ3v) is 1.98. The molecular weight excluding hydrogens is 322 g/mol. The van der Waals surface area contributed by atoms with E-state index in [1.54, 1.807) is 0 Å². The standard InChI is InChI=1S/2C8H15O2.Zn/c2*1-5-6-10-7(9)8(2,3)4;/h2*1,5-6H2,2-4H3;/q2*-1;+2. The van der Waals surface area contributed by atoms with Crippen LogP contribution in [0, 0.1) is 24.7 Å². The van der Waals surface area contributed by atoms with Crippen molar-refractivity contribution in [3.05, 3.63) is 13.8 Å². The quantitative estimate of drug-likeness (QED) is 0.441. The van der Waals surface area contributed by atoms with Gasteiger partial charge in [0.1, 0.15) is 0 Å². The molecule has 0 fully saturated rings. The monoisotopic (exact) mass is 350 g/mol. The van der Waals surface area contributed by atoms with E-state index in [-0.39, 0.29) is 42.2 Å². The van der Waals surface area contributed by atoms with Crippen molar-refractivity contribution in [3.63, 3.8) is 0 Å². The molecule has 0 bridgehead atoms. The third kappa shape index (κ3) is 15.8. The van der Waals surface area contributed by atoms with Gasteiger partial charge in [-0.15, -0.1) is 12.8 Å². The summed E-state index contributed by atoms with van der Waals surface area (Å²) in [6.07, 6.45) is 1.28. The Balaban J connectivity index is -0.000000295. The molecule has 0 saturated carbocycles. The van der Waals surface area contributed by atoms with Crippen LogP contribution >= 0.6 is 0 Å². The fourth-order valence-corrected chi connectivity index (χ4v) is 0.763. The average molecular weight is 352 g/mol. The Morgan fingerprint density at radius 2 is 1.00 bits per heavy atom. The van der Waals surface area contributed by atoms with Gasteiger partial charge in [0, 0.05) is 0 Å². The van der Waals surface area contributed by atoms with Crippen molar-refractivity contribution in [3.8, 4) is 0 Å². The normalized spacial score (nSPS) is 10.7. The van der Waals surface area contributed by atoms with Crippen LogP contribution in [0.25, 0.3) is 0 Å². The number of hydrogen-bond acceptors (Lipinski definition) is 4. The molecule has 0 amide bonds. The van der Waals surface area contributed by atoms with Gasteiger partial charge in [-0.05, 0) is 41.5 Å². The molecule has 0 heterocycles. The van der Waals surface area contributed by atoms with Crippen molar-refractivity contribution >= 4 is 11.9 Å². The largest absolute Gasteiger partial charge is 2.00 e. The molecule has 0 aromatic rings. The summed E-state index contributed by atoms with van der Waals surface area (Å²) in [5, 5.41) is 0. The van der Waals surface area contributed by atoms with Gasteiger partial charge >= 0.3 is 31.4 Å². The summed E-state index contributed by atoms with van der Waals surface area (Å²) < 4.78 is 9.71. The molecule has 0 aromatic carbocycles. The number of ether oxygens (including phenoxy) is 2. The maximum atomic E-state index is 11.0. The average Bonchev–Trinajstić information content (AvgIpc) is 2.31. The van der Waals surface area contributed by atoms with E-state index in [2.05, 4.69) is 13.8 Å². The van der Waals surface area contributed by atoms with Crippen LogP contribution in [0.15, 0.2) is 0 Å². The van der Waals surface area contributed by atoms with E-state index in [0.717, 1.165) is 0 Å². The maximum Gasteiger partial charge on any atom is 2.00 e. The van der Waals surface area contributed by atoms with Crippen LogP contribution in [-0.4, -0.2) is 25.2 Å². The van der Waals surface area contributed by atoms with Crippen molar-refractivity contribution in [1.29, 1.82) is 0 Å². The molecule has 0 aliphatic heterocycles. The molecule has 0 spiro atoms. The van der Waals surface area contributed by atoms with Crippen LogP contribution in [0.2, 0.25) is 0 Å². The first-order valence-corrected chi connectivity index (χ1v) is 6.89. The zero-order valence-electron chi connectivity index (χ0n) is 14.6. The summed E-state index contributed by atoms with van der Waals surface area (Å²) in [5.41, 5.74) is -0.760. The molecule has 5 heteroatoms. The van der Waals surface area contributed by atoms with E-state index in [1.807, 2.05) is 41.5 Å². The Bertz CT molecular complexity index is 258. The van der Waals surface area contributed by atoms with E-state index < -0.39 is 0 Å². The summed E-state index contributed by atoms with van der Waals surface area (Å²) in [5.74, 6) is -0.313. The van der Waals surface area contributed by atoms with Gasteiger partial charge in [0.05, 0.1) is 24.0 Å². The van der Waals surface area contributed by atoms with E-state index in [0.29, 0.717) is 26.1 Å². The zero-order valence-corrected chi connectivity index (χ0v) is 17.5. The third-order valence-electron chi connectivity index (χ3n) is 1.98. The molecule has 0 rings (SSSR count). The Kier molecular flexibility index (Phi) is 14.8. The smallest absolute Gasteiger partial charge is 0.468 e. The molecule has 0 aliphatic carbocycles. The fraction of sp³-hybridized carbons (Fsp3) is 0.750. The van der Waals surface area contributed by atoms with E-state index >= 15 is 0 Å². The minimum absolute atomic E-state index is 0. The van der Waals surface area contributed by atoms with E-state index in [4.69, 9.17) is 9.47 Å². The SMILES string of the molecule is [CH2-]CCOC(=O)C(C)(C)C.[CH2-]CCOC(=O)C(C)(C)C.[Zn+2]. The minimum Gasteiger partial charge on any atom is -0.468 e. The summed E-state index contributed by atoms with van der Waals surface area (Å²) in [6.45, 7) is 19.0. The Hall–Kier alpha value is -0.437. The first-order valence-electron chi connectivity index (χ1n) is 6.89. The van der Waals surface area contributed by atoms with Crippen molar-refractivity contribution in [2.24, 2.45) is 10.8 Å². The molecule has 0 unspecified atom stereocenters. The van der Waals surface area contributed by atoms with Gasteiger partial charge in [0.2, 0.25) is 0 Å². The molecule has 0 radical (unpaired) electrons. The van der Waals surface area contributed by atoms with E-state index in [9.17, 15) is 9.59 Å². The van der Waals surface area contributed by atoms with Gasteiger partial charge < -0.3 is 23.3 Å². The first kappa shape index (κ1) is 25.5. The van der Waals surface area contributed by atoms with Gasteiger partial charge in [0.15, 0.2) is 0 Å². The number of hydrogen-bond donors (Lipinski definition) is 0. The molecule has 21 heavy (non-hydrogen) atoms. The van der Waals surface area contributed by atoms with Gasteiger partial charge in [0.25, 0.3) is 0 Å². The number of carbonyl (C=O) groups excluding carboxylic acids is 2. The predicted molar refractivity (Wildman–Crippen MR) is 80.8 cm³/mol. The molecule has 4 nitrogen and oxygen atoms in total. The summed E-state index contributed by atoms with van der Waals surface area (Å²) in [4.78, 5) is 21.9. The second kappa shape index (κ2) is 12.1. The number of esters is 2. The second-order valence-electron chi connectivity index (χ2n) is 6.48. The molecule has 0 N–H and O–H groups in total. The predicted octanol–water partition coefficient (Wildman–Crippen LogP) is 3.60. The molecule has 0 saturated heterocycles. The van der Waals surface area contributed by atoms with Gasteiger partial charge in [-0.3, -0.25) is 9.59 Å². The summed E-state index contributed by atoms with van der Waals surface area (Å²) >= 11 is 0. The van der Waals surface area contributed by atoms with Crippen LogP contribution in [-0.2, 0) is 38.5 Å². The molecule has 0 aromatic heterocycles. The molecule has 120 valence electrons. The Labute approximate surface area is 143 Å². The van der Waals surface area contributed by atoms with Crippen molar-refractivity contribution in [2.45, 2.75) is 54.4 Å².